The number of aliphatic hydroxyl groups is 4. The summed E-state index contributed by atoms with van der Waals surface area (Å²) in [5.41, 5.74) is 0. The molecule has 1 saturated heterocycles. The highest BCUT2D eigenvalue weighted by molar-refractivity contribution is 5.69. The van der Waals surface area contributed by atoms with Gasteiger partial charge in [0, 0.05) is 6.42 Å². The summed E-state index contributed by atoms with van der Waals surface area (Å²) < 4.78 is 10.0. The lowest BCUT2D eigenvalue weighted by atomic mass is 10.1. The van der Waals surface area contributed by atoms with Gasteiger partial charge in [0.1, 0.15) is 24.9 Å². The molecule has 7 nitrogen and oxygen atoms in total. The highest BCUT2D eigenvalue weighted by Crippen LogP contribution is 2.29. The Balaban J connectivity index is 2.06. The molecule has 1 heterocycles. The van der Waals surface area contributed by atoms with Crippen molar-refractivity contribution in [3.63, 3.8) is 0 Å². The molecule has 1 rings (SSSR count). The summed E-state index contributed by atoms with van der Waals surface area (Å²) in [4.78, 5) is 11.7. The third kappa shape index (κ3) is 7.58. The molecular weight excluding hydrogens is 328 g/mol. The number of carbonyl (C=O) groups excluding carboxylic acids is 1. The Morgan fingerprint density at radius 3 is 2.12 bits per heavy atom. The molecule has 4 atom stereocenters. The molecule has 1 aliphatic heterocycles. The van der Waals surface area contributed by atoms with Gasteiger partial charge in [0.15, 0.2) is 0 Å². The highest BCUT2D eigenvalue weighted by Gasteiger charge is 2.53. The molecule has 1 fully saturated rings. The lowest BCUT2D eigenvalue weighted by molar-refractivity contribution is -0.248. The van der Waals surface area contributed by atoms with Gasteiger partial charge >= 0.3 is 5.97 Å². The fourth-order valence-electron chi connectivity index (χ4n) is 2.96. The van der Waals surface area contributed by atoms with E-state index in [0.29, 0.717) is 6.42 Å². The van der Waals surface area contributed by atoms with Crippen LogP contribution in [0.1, 0.15) is 71.1 Å². The second-order valence-electron chi connectivity index (χ2n) is 6.86. The lowest BCUT2D eigenvalue weighted by Crippen LogP contribution is -2.46. The molecule has 0 aromatic carbocycles. The predicted octanol–water partition coefficient (Wildman–Crippen LogP) is 1.25. The largest absolute Gasteiger partial charge is 0.463 e. The van der Waals surface area contributed by atoms with Crippen molar-refractivity contribution in [1.29, 1.82) is 0 Å². The van der Waals surface area contributed by atoms with Crippen LogP contribution in [0.4, 0.5) is 0 Å². The number of carbonyl (C=O) groups is 1. The van der Waals surface area contributed by atoms with Gasteiger partial charge in [-0.1, -0.05) is 58.3 Å². The quantitative estimate of drug-likeness (QED) is 0.288. The molecule has 25 heavy (non-hydrogen) atoms. The minimum absolute atomic E-state index is 0.267. The second kappa shape index (κ2) is 11.8. The normalized spacial score (nSPS) is 29.1. The van der Waals surface area contributed by atoms with Gasteiger partial charge in [0.2, 0.25) is 5.79 Å². The first-order chi connectivity index (χ1) is 11.9. The Labute approximate surface area is 150 Å². The molecule has 0 unspecified atom stereocenters. The minimum Gasteiger partial charge on any atom is -0.463 e. The van der Waals surface area contributed by atoms with Crippen LogP contribution in [0.2, 0.25) is 0 Å². The van der Waals surface area contributed by atoms with Crippen molar-refractivity contribution < 1.29 is 34.7 Å². The summed E-state index contributed by atoms with van der Waals surface area (Å²) in [6.07, 6.45) is 6.61. The van der Waals surface area contributed by atoms with Crippen LogP contribution in [-0.2, 0) is 14.3 Å². The van der Waals surface area contributed by atoms with Crippen molar-refractivity contribution in [3.8, 4) is 0 Å². The van der Waals surface area contributed by atoms with Crippen LogP contribution in [0.3, 0.4) is 0 Å². The molecule has 0 saturated carbocycles. The van der Waals surface area contributed by atoms with E-state index in [2.05, 4.69) is 6.92 Å². The van der Waals surface area contributed by atoms with Gasteiger partial charge in [-0.15, -0.1) is 0 Å². The maximum absolute atomic E-state index is 11.7. The zero-order valence-corrected chi connectivity index (χ0v) is 15.2. The maximum Gasteiger partial charge on any atom is 0.305 e. The molecule has 0 aromatic heterocycles. The Kier molecular flexibility index (Phi) is 10.5. The molecule has 4 N–H and O–H groups in total. The van der Waals surface area contributed by atoms with E-state index in [1.807, 2.05) is 0 Å². The lowest BCUT2D eigenvalue weighted by Gasteiger charge is -2.22. The molecule has 0 aliphatic carbocycles. The van der Waals surface area contributed by atoms with Crippen LogP contribution in [0.15, 0.2) is 0 Å². The summed E-state index contributed by atoms with van der Waals surface area (Å²) in [6, 6.07) is 0. The van der Waals surface area contributed by atoms with Gasteiger partial charge in [0.25, 0.3) is 0 Å². The zero-order chi connectivity index (χ0) is 18.7. The third-order valence-electron chi connectivity index (χ3n) is 4.64. The fourth-order valence-corrected chi connectivity index (χ4v) is 2.96. The summed E-state index contributed by atoms with van der Waals surface area (Å²) in [7, 11) is 0. The summed E-state index contributed by atoms with van der Waals surface area (Å²) in [5.74, 6) is -2.61. The van der Waals surface area contributed by atoms with Gasteiger partial charge in [-0.3, -0.25) is 4.79 Å². The highest BCUT2D eigenvalue weighted by atomic mass is 16.7. The van der Waals surface area contributed by atoms with E-state index in [1.54, 1.807) is 0 Å². The Morgan fingerprint density at radius 1 is 1.04 bits per heavy atom. The Morgan fingerprint density at radius 2 is 1.60 bits per heavy atom. The number of unbranched alkanes of at least 4 members (excludes halogenated alkanes) is 8. The van der Waals surface area contributed by atoms with E-state index >= 15 is 0 Å². The van der Waals surface area contributed by atoms with E-state index in [-0.39, 0.29) is 6.61 Å². The number of ether oxygens (including phenoxy) is 2. The maximum atomic E-state index is 11.7. The van der Waals surface area contributed by atoms with E-state index in [1.165, 1.54) is 38.5 Å². The summed E-state index contributed by atoms with van der Waals surface area (Å²) in [5, 5.41) is 38.1. The number of aliphatic hydroxyl groups excluding tert-OH is 3. The van der Waals surface area contributed by atoms with E-state index in [0.717, 1.165) is 19.3 Å². The van der Waals surface area contributed by atoms with Gasteiger partial charge < -0.3 is 29.9 Å². The number of esters is 1. The van der Waals surface area contributed by atoms with Gasteiger partial charge in [-0.2, -0.15) is 0 Å². The number of rotatable bonds is 13. The Hall–Kier alpha value is -0.730. The molecule has 148 valence electrons. The molecular formula is C18H34O7. The van der Waals surface area contributed by atoms with Gasteiger partial charge in [-0.05, 0) is 6.42 Å². The van der Waals surface area contributed by atoms with Crippen molar-refractivity contribution in [2.24, 2.45) is 0 Å². The van der Waals surface area contributed by atoms with E-state index < -0.39 is 36.7 Å². The molecule has 7 heteroatoms. The SMILES string of the molecule is CCCCCCCCCCCC(=O)OC[C@H]1O[C@](O)(CO)[C@@H](O)[C@@H]1O. The monoisotopic (exact) mass is 362 g/mol. The van der Waals surface area contributed by atoms with Crippen molar-refractivity contribution in [3.05, 3.63) is 0 Å². The molecule has 0 amide bonds. The van der Waals surface area contributed by atoms with Crippen LogP contribution < -0.4 is 0 Å². The first-order valence-electron chi connectivity index (χ1n) is 9.47. The molecule has 0 bridgehead atoms. The Bertz CT molecular complexity index is 376. The molecule has 1 aliphatic rings. The van der Waals surface area contributed by atoms with E-state index in [9.17, 15) is 20.1 Å². The zero-order valence-electron chi connectivity index (χ0n) is 15.2. The average molecular weight is 362 g/mol. The van der Waals surface area contributed by atoms with Crippen LogP contribution in [0.25, 0.3) is 0 Å². The van der Waals surface area contributed by atoms with Crippen molar-refractivity contribution in [2.45, 2.75) is 95.2 Å². The predicted molar refractivity (Wildman–Crippen MR) is 91.7 cm³/mol. The minimum atomic E-state index is -2.21. The van der Waals surface area contributed by atoms with Crippen LogP contribution in [-0.4, -0.2) is 63.7 Å². The molecule has 0 radical (unpaired) electrons. The first kappa shape index (κ1) is 22.3. The average Bonchev–Trinajstić information content (AvgIpc) is 2.83. The van der Waals surface area contributed by atoms with Gasteiger partial charge in [0.05, 0.1) is 6.61 Å². The van der Waals surface area contributed by atoms with Crippen molar-refractivity contribution in [1.82, 2.24) is 0 Å². The van der Waals surface area contributed by atoms with Gasteiger partial charge in [-0.25, -0.2) is 0 Å². The topological polar surface area (TPSA) is 116 Å². The number of hydrogen-bond acceptors (Lipinski definition) is 7. The van der Waals surface area contributed by atoms with Crippen LogP contribution >= 0.6 is 0 Å². The summed E-state index contributed by atoms with van der Waals surface area (Å²) >= 11 is 0. The standard InChI is InChI=1S/C18H34O7/c1-2-3-4-5-6-7-8-9-10-11-15(20)24-12-14-16(21)17(22)18(23,13-19)25-14/h14,16-17,19,21-23H,2-13H2,1H3/t14-,16-,17+,18-/m1/s1. The van der Waals surface area contributed by atoms with Crippen LogP contribution in [0.5, 0.6) is 0 Å². The first-order valence-corrected chi connectivity index (χ1v) is 9.47. The fraction of sp³-hybridized carbons (Fsp3) is 0.944. The smallest absolute Gasteiger partial charge is 0.305 e. The van der Waals surface area contributed by atoms with Crippen LogP contribution in [0, 0.1) is 0 Å². The molecule has 0 aromatic rings. The van der Waals surface area contributed by atoms with Crippen molar-refractivity contribution in [2.75, 3.05) is 13.2 Å². The summed E-state index contributed by atoms with van der Waals surface area (Å²) in [6.45, 7) is 1.08. The number of hydrogen-bond donors (Lipinski definition) is 4. The second-order valence-corrected chi connectivity index (χ2v) is 6.86. The third-order valence-corrected chi connectivity index (χ3v) is 4.64. The molecule has 0 spiro atoms. The van der Waals surface area contributed by atoms with E-state index in [4.69, 9.17) is 14.6 Å². The van der Waals surface area contributed by atoms with Crippen molar-refractivity contribution >= 4 is 5.97 Å².